The summed E-state index contributed by atoms with van der Waals surface area (Å²) in [6.07, 6.45) is 0. The minimum Gasteiger partial charge on any atom is -0.457 e. The topological polar surface area (TPSA) is 44.2 Å². The van der Waals surface area contributed by atoms with Crippen LogP contribution in [-0.4, -0.2) is 9.97 Å². The Morgan fingerprint density at radius 2 is 0.893 bits per heavy atom. The monoisotopic (exact) mass is 368 g/mol. The van der Waals surface area contributed by atoms with Gasteiger partial charge < -0.3 is 9.47 Å². The normalized spacial score (nSPS) is 10.5. The molecule has 0 saturated carbocycles. The summed E-state index contributed by atoms with van der Waals surface area (Å²) in [5, 5.41) is 0. The number of hydrogen-bond acceptors (Lipinski definition) is 4. The number of aromatic nitrogens is 2. The number of benzene rings is 2. The fraction of sp³-hybridized carbons (Fsp3) is 0.0833. The highest BCUT2D eigenvalue weighted by molar-refractivity contribution is 5.59. The van der Waals surface area contributed by atoms with E-state index < -0.39 is 0 Å². The predicted molar refractivity (Wildman–Crippen MR) is 110 cm³/mol. The summed E-state index contributed by atoms with van der Waals surface area (Å²) >= 11 is 0. The smallest absolute Gasteiger partial charge is 0.131 e. The largest absolute Gasteiger partial charge is 0.457 e. The summed E-state index contributed by atoms with van der Waals surface area (Å²) in [5.41, 5.74) is 3.20. The van der Waals surface area contributed by atoms with E-state index in [0.717, 1.165) is 45.8 Å². The Morgan fingerprint density at radius 3 is 1.29 bits per heavy atom. The van der Waals surface area contributed by atoms with Crippen molar-refractivity contribution >= 4 is 0 Å². The molecular formula is C24H20N2O2. The standard InChI is InChI=1S/C24H20N2O2/c1-17-13-21(27-19-9-5-3-6-10-19)15-23(25-17)24-16-22(14-18(2)26-24)28-20-11-7-4-8-12-20/h3-16H,1-2H3. The summed E-state index contributed by atoms with van der Waals surface area (Å²) in [5.74, 6) is 3.01. The molecule has 4 heteroatoms. The van der Waals surface area contributed by atoms with Crippen molar-refractivity contribution in [2.45, 2.75) is 13.8 Å². The maximum atomic E-state index is 5.98. The second-order valence-electron chi connectivity index (χ2n) is 6.49. The molecule has 0 amide bonds. The van der Waals surface area contributed by atoms with E-state index in [0.29, 0.717) is 0 Å². The van der Waals surface area contributed by atoms with E-state index in [-0.39, 0.29) is 0 Å². The van der Waals surface area contributed by atoms with Gasteiger partial charge in [0.1, 0.15) is 23.0 Å². The number of ether oxygens (including phenoxy) is 2. The maximum Gasteiger partial charge on any atom is 0.131 e. The van der Waals surface area contributed by atoms with Gasteiger partial charge in [-0.15, -0.1) is 0 Å². The predicted octanol–water partition coefficient (Wildman–Crippen LogP) is 6.35. The van der Waals surface area contributed by atoms with Gasteiger partial charge in [-0.3, -0.25) is 9.97 Å². The van der Waals surface area contributed by atoms with Crippen LogP contribution in [0.4, 0.5) is 0 Å². The van der Waals surface area contributed by atoms with Crippen LogP contribution < -0.4 is 9.47 Å². The maximum absolute atomic E-state index is 5.98. The zero-order valence-electron chi connectivity index (χ0n) is 15.8. The van der Waals surface area contributed by atoms with Gasteiger partial charge in [0.15, 0.2) is 0 Å². The molecule has 138 valence electrons. The molecule has 2 aromatic carbocycles. The first kappa shape index (κ1) is 17.7. The molecule has 2 aromatic heterocycles. The summed E-state index contributed by atoms with van der Waals surface area (Å²) in [7, 11) is 0. The van der Waals surface area contributed by atoms with Crippen LogP contribution in [0, 0.1) is 13.8 Å². The Balaban J connectivity index is 1.66. The zero-order valence-corrected chi connectivity index (χ0v) is 15.8. The Hall–Kier alpha value is -3.66. The van der Waals surface area contributed by atoms with Crippen molar-refractivity contribution in [1.82, 2.24) is 9.97 Å². The molecule has 0 aliphatic heterocycles. The van der Waals surface area contributed by atoms with E-state index in [1.54, 1.807) is 0 Å². The van der Waals surface area contributed by atoms with E-state index in [9.17, 15) is 0 Å². The van der Waals surface area contributed by atoms with Crippen molar-refractivity contribution in [3.05, 3.63) is 96.3 Å². The van der Waals surface area contributed by atoms with Crippen LogP contribution in [0.2, 0.25) is 0 Å². The van der Waals surface area contributed by atoms with Crippen molar-refractivity contribution in [2.75, 3.05) is 0 Å². The molecule has 0 N–H and O–H groups in total. The van der Waals surface area contributed by atoms with Crippen LogP contribution in [0.1, 0.15) is 11.4 Å². The Bertz CT molecular complexity index is 991. The van der Waals surface area contributed by atoms with Crippen LogP contribution in [0.25, 0.3) is 11.4 Å². The van der Waals surface area contributed by atoms with Crippen molar-refractivity contribution in [3.8, 4) is 34.4 Å². The lowest BCUT2D eigenvalue weighted by Crippen LogP contribution is -1.95. The van der Waals surface area contributed by atoms with Crippen molar-refractivity contribution in [1.29, 1.82) is 0 Å². The van der Waals surface area contributed by atoms with E-state index in [2.05, 4.69) is 9.97 Å². The van der Waals surface area contributed by atoms with Gasteiger partial charge in [-0.05, 0) is 38.1 Å². The molecule has 4 nitrogen and oxygen atoms in total. The first-order chi connectivity index (χ1) is 13.7. The lowest BCUT2D eigenvalue weighted by atomic mass is 10.2. The fourth-order valence-electron chi connectivity index (χ4n) is 2.90. The SMILES string of the molecule is Cc1cc(Oc2ccccc2)cc(-c2cc(Oc3ccccc3)cc(C)n2)n1. The third kappa shape index (κ3) is 4.35. The second-order valence-corrected chi connectivity index (χ2v) is 6.49. The summed E-state index contributed by atoms with van der Waals surface area (Å²) in [6.45, 7) is 3.89. The lowest BCUT2D eigenvalue weighted by molar-refractivity contribution is 0.480. The highest BCUT2D eigenvalue weighted by Gasteiger charge is 2.10. The van der Waals surface area contributed by atoms with Gasteiger partial charge in [0.05, 0.1) is 11.4 Å². The van der Waals surface area contributed by atoms with Gasteiger partial charge >= 0.3 is 0 Å². The van der Waals surface area contributed by atoms with Crippen LogP contribution >= 0.6 is 0 Å². The molecule has 2 heterocycles. The minimum atomic E-state index is 0.725. The molecule has 0 radical (unpaired) electrons. The molecule has 0 aliphatic carbocycles. The highest BCUT2D eigenvalue weighted by atomic mass is 16.5. The van der Waals surface area contributed by atoms with Gasteiger partial charge in [0, 0.05) is 35.7 Å². The lowest BCUT2D eigenvalue weighted by Gasteiger charge is -2.11. The summed E-state index contributed by atoms with van der Waals surface area (Å²) < 4.78 is 12.0. The highest BCUT2D eigenvalue weighted by Crippen LogP contribution is 2.29. The Labute approximate surface area is 164 Å². The molecule has 0 aliphatic rings. The average Bonchev–Trinajstić information content (AvgIpc) is 2.69. The summed E-state index contributed by atoms with van der Waals surface area (Å²) in [4.78, 5) is 9.27. The van der Waals surface area contributed by atoms with E-state index in [1.165, 1.54) is 0 Å². The van der Waals surface area contributed by atoms with Gasteiger partial charge in [-0.2, -0.15) is 0 Å². The third-order valence-electron chi connectivity index (χ3n) is 4.07. The molecular weight excluding hydrogens is 348 g/mol. The van der Waals surface area contributed by atoms with Crippen molar-refractivity contribution < 1.29 is 9.47 Å². The van der Waals surface area contributed by atoms with Crippen LogP contribution in [0.3, 0.4) is 0 Å². The average molecular weight is 368 g/mol. The van der Waals surface area contributed by atoms with Crippen LogP contribution in [-0.2, 0) is 0 Å². The molecule has 0 unspecified atom stereocenters. The zero-order chi connectivity index (χ0) is 19.3. The van der Waals surface area contributed by atoms with E-state index in [4.69, 9.17) is 9.47 Å². The first-order valence-corrected chi connectivity index (χ1v) is 9.09. The Kier molecular flexibility index (Phi) is 5.02. The quantitative estimate of drug-likeness (QED) is 0.412. The molecule has 0 atom stereocenters. The molecule has 0 fully saturated rings. The minimum absolute atomic E-state index is 0.725. The van der Waals surface area contributed by atoms with Gasteiger partial charge in [0.2, 0.25) is 0 Å². The first-order valence-electron chi connectivity index (χ1n) is 9.09. The molecule has 0 bridgehead atoms. The Morgan fingerprint density at radius 1 is 0.500 bits per heavy atom. The van der Waals surface area contributed by atoms with Crippen LogP contribution in [0.15, 0.2) is 84.9 Å². The number of para-hydroxylation sites is 2. The number of pyridine rings is 2. The fourth-order valence-corrected chi connectivity index (χ4v) is 2.90. The molecule has 0 spiro atoms. The van der Waals surface area contributed by atoms with E-state index >= 15 is 0 Å². The summed E-state index contributed by atoms with van der Waals surface area (Å²) in [6, 6.07) is 27.0. The third-order valence-corrected chi connectivity index (χ3v) is 4.07. The van der Waals surface area contributed by atoms with Gasteiger partial charge in [-0.1, -0.05) is 36.4 Å². The molecule has 0 saturated heterocycles. The molecule has 4 aromatic rings. The van der Waals surface area contributed by atoms with E-state index in [1.807, 2.05) is 98.8 Å². The number of nitrogens with zero attached hydrogens (tertiary/aromatic N) is 2. The van der Waals surface area contributed by atoms with Crippen molar-refractivity contribution in [2.24, 2.45) is 0 Å². The van der Waals surface area contributed by atoms with Gasteiger partial charge in [-0.25, -0.2) is 0 Å². The molecule has 28 heavy (non-hydrogen) atoms. The number of hydrogen-bond donors (Lipinski definition) is 0. The second kappa shape index (κ2) is 7.92. The molecule has 4 rings (SSSR count). The van der Waals surface area contributed by atoms with Crippen molar-refractivity contribution in [3.63, 3.8) is 0 Å². The number of aryl methyl sites for hydroxylation is 2. The van der Waals surface area contributed by atoms with Gasteiger partial charge in [0.25, 0.3) is 0 Å². The number of rotatable bonds is 5. The van der Waals surface area contributed by atoms with Crippen LogP contribution in [0.5, 0.6) is 23.0 Å².